The van der Waals surface area contributed by atoms with Crippen molar-refractivity contribution >= 4 is 22.6 Å². The van der Waals surface area contributed by atoms with Gasteiger partial charge in [0.2, 0.25) is 5.88 Å². The van der Waals surface area contributed by atoms with Gasteiger partial charge < -0.3 is 15.0 Å². The second-order valence-electron chi connectivity index (χ2n) is 6.89. The molecule has 3 heterocycles. The molecule has 0 aliphatic carbocycles. The number of amides is 1. The number of hydrogen-bond donors (Lipinski definition) is 2. The van der Waals surface area contributed by atoms with Crippen molar-refractivity contribution in [3.8, 4) is 17.3 Å². The largest absolute Gasteiger partial charge is 0.435 e. The first kappa shape index (κ1) is 19.4. The quantitative estimate of drug-likeness (QED) is 0.436. The number of fused-ring (bicyclic) bond motifs is 1. The van der Waals surface area contributed by atoms with Gasteiger partial charge in [0, 0.05) is 18.0 Å². The summed E-state index contributed by atoms with van der Waals surface area (Å²) in [4.78, 5) is 23.7. The number of benzene rings is 2. The molecule has 0 aliphatic heterocycles. The molecule has 3 aromatic heterocycles. The van der Waals surface area contributed by atoms with Gasteiger partial charge in [-0.15, -0.1) is 5.10 Å². The highest BCUT2D eigenvalue weighted by molar-refractivity contribution is 6.03. The average Bonchev–Trinajstić information content (AvgIpc) is 3.43. The van der Waals surface area contributed by atoms with E-state index in [-0.39, 0.29) is 23.0 Å². The number of anilines is 1. The molecule has 0 aliphatic rings. The monoisotopic (exact) mass is 429 g/mol. The Morgan fingerprint density at radius 2 is 1.97 bits per heavy atom. The minimum absolute atomic E-state index is 0.0320. The number of halogens is 1. The molecule has 0 radical (unpaired) electrons. The predicted molar refractivity (Wildman–Crippen MR) is 114 cm³/mol. The van der Waals surface area contributed by atoms with E-state index in [0.717, 1.165) is 5.69 Å². The fraction of sp³-hybridized carbons (Fsp3) is 0.0455. The molecule has 1 amide bonds. The normalized spacial score (nSPS) is 10.9. The lowest BCUT2D eigenvalue weighted by atomic mass is 10.2. The maximum atomic E-state index is 14.7. The Hall–Kier alpha value is -4.60. The topological polar surface area (TPSA) is 111 Å². The number of hydrogen-bond acceptors (Lipinski definition) is 6. The molecule has 2 aromatic carbocycles. The van der Waals surface area contributed by atoms with Gasteiger partial charge in [0.25, 0.3) is 5.91 Å². The van der Waals surface area contributed by atoms with Crippen LogP contribution in [0.3, 0.4) is 0 Å². The van der Waals surface area contributed by atoms with Crippen molar-refractivity contribution in [1.82, 2.24) is 29.9 Å². The number of rotatable bonds is 5. The van der Waals surface area contributed by atoms with Gasteiger partial charge in [0.15, 0.2) is 17.3 Å². The van der Waals surface area contributed by atoms with E-state index in [2.05, 4.69) is 30.6 Å². The van der Waals surface area contributed by atoms with Crippen LogP contribution in [0.5, 0.6) is 11.6 Å². The van der Waals surface area contributed by atoms with Gasteiger partial charge in [-0.1, -0.05) is 23.4 Å². The highest BCUT2D eigenvalue weighted by Crippen LogP contribution is 2.29. The van der Waals surface area contributed by atoms with Crippen LogP contribution in [0, 0.1) is 12.7 Å². The van der Waals surface area contributed by atoms with E-state index in [4.69, 9.17) is 4.74 Å². The minimum Gasteiger partial charge on any atom is -0.435 e. The van der Waals surface area contributed by atoms with Crippen molar-refractivity contribution < 1.29 is 13.9 Å². The number of carbonyl (C=O) groups excluding carboxylic acids is 1. The van der Waals surface area contributed by atoms with Gasteiger partial charge in [0.05, 0.1) is 16.8 Å². The summed E-state index contributed by atoms with van der Waals surface area (Å²) in [5, 5.41) is 11.3. The lowest BCUT2D eigenvalue weighted by molar-refractivity contribution is 0.102. The van der Waals surface area contributed by atoms with E-state index in [1.54, 1.807) is 23.9 Å². The van der Waals surface area contributed by atoms with E-state index in [0.29, 0.717) is 16.7 Å². The Kier molecular flexibility index (Phi) is 4.79. The molecular weight excluding hydrogens is 413 g/mol. The molecule has 0 bridgehead atoms. The second-order valence-corrected chi connectivity index (χ2v) is 6.89. The van der Waals surface area contributed by atoms with Crippen molar-refractivity contribution in [3.05, 3.63) is 84.3 Å². The van der Waals surface area contributed by atoms with Gasteiger partial charge in [-0.3, -0.25) is 4.79 Å². The smallest absolute Gasteiger partial charge is 0.278 e. The third kappa shape index (κ3) is 3.54. The molecule has 0 saturated heterocycles. The van der Waals surface area contributed by atoms with Gasteiger partial charge in [-0.2, -0.15) is 0 Å². The second kappa shape index (κ2) is 7.91. The Bertz CT molecular complexity index is 1430. The number of para-hydroxylation sites is 1. The maximum Gasteiger partial charge on any atom is 0.278 e. The van der Waals surface area contributed by atoms with E-state index in [9.17, 15) is 9.18 Å². The summed E-state index contributed by atoms with van der Waals surface area (Å²) in [5.74, 6) is -0.965. The minimum atomic E-state index is -0.658. The number of nitrogens with zero attached hydrogens (tertiary/aromatic N) is 5. The Morgan fingerprint density at radius 1 is 1.12 bits per heavy atom. The van der Waals surface area contributed by atoms with Crippen molar-refractivity contribution in [2.45, 2.75) is 6.92 Å². The number of nitrogens with one attached hydrogen (secondary N) is 2. The first-order valence-electron chi connectivity index (χ1n) is 9.65. The number of aromatic nitrogens is 6. The third-order valence-corrected chi connectivity index (χ3v) is 4.82. The van der Waals surface area contributed by atoms with Gasteiger partial charge >= 0.3 is 0 Å². The number of carbonyl (C=O) groups is 1. The van der Waals surface area contributed by atoms with E-state index in [1.807, 2.05) is 30.3 Å². The number of aromatic amines is 1. The lowest BCUT2D eigenvalue weighted by Crippen LogP contribution is -2.14. The molecule has 9 nitrogen and oxygen atoms in total. The highest BCUT2D eigenvalue weighted by atomic mass is 19.1. The molecule has 2 N–H and O–H groups in total. The molecule has 0 fully saturated rings. The molecule has 158 valence electrons. The van der Waals surface area contributed by atoms with Crippen molar-refractivity contribution in [2.24, 2.45) is 0 Å². The molecule has 5 rings (SSSR count). The molecule has 0 spiro atoms. The Labute approximate surface area is 180 Å². The molecule has 5 aromatic rings. The summed E-state index contributed by atoms with van der Waals surface area (Å²) < 4.78 is 21.8. The zero-order chi connectivity index (χ0) is 22.1. The Morgan fingerprint density at radius 3 is 2.78 bits per heavy atom. The summed E-state index contributed by atoms with van der Waals surface area (Å²) in [5.41, 5.74) is 2.32. The fourth-order valence-corrected chi connectivity index (χ4v) is 3.24. The van der Waals surface area contributed by atoms with Crippen LogP contribution < -0.4 is 10.1 Å². The molecule has 0 unspecified atom stereocenters. The van der Waals surface area contributed by atoms with Crippen LogP contribution in [0.25, 0.3) is 16.7 Å². The van der Waals surface area contributed by atoms with Crippen LogP contribution >= 0.6 is 0 Å². The van der Waals surface area contributed by atoms with Gasteiger partial charge in [-0.05, 0) is 37.3 Å². The van der Waals surface area contributed by atoms with E-state index < -0.39 is 11.7 Å². The van der Waals surface area contributed by atoms with Crippen molar-refractivity contribution in [3.63, 3.8) is 0 Å². The first-order chi connectivity index (χ1) is 15.6. The first-order valence-corrected chi connectivity index (χ1v) is 9.65. The van der Waals surface area contributed by atoms with Crippen LogP contribution in [0.15, 0.2) is 67.1 Å². The van der Waals surface area contributed by atoms with Crippen LogP contribution in [-0.2, 0) is 0 Å². The average molecular weight is 429 g/mol. The van der Waals surface area contributed by atoms with Crippen LogP contribution in [0.4, 0.5) is 10.1 Å². The van der Waals surface area contributed by atoms with Crippen LogP contribution in [0.2, 0.25) is 0 Å². The summed E-state index contributed by atoms with van der Waals surface area (Å²) in [6.07, 6.45) is 3.02. The van der Waals surface area contributed by atoms with Crippen molar-refractivity contribution in [2.75, 3.05) is 5.32 Å². The zero-order valence-electron chi connectivity index (χ0n) is 16.8. The maximum absolute atomic E-state index is 14.7. The third-order valence-electron chi connectivity index (χ3n) is 4.82. The summed E-state index contributed by atoms with van der Waals surface area (Å²) in [6.45, 7) is 1.74. The highest BCUT2D eigenvalue weighted by Gasteiger charge is 2.18. The van der Waals surface area contributed by atoms with Crippen molar-refractivity contribution in [1.29, 1.82) is 0 Å². The zero-order valence-corrected chi connectivity index (χ0v) is 16.8. The molecular formula is C22H16FN7O2. The molecule has 10 heteroatoms. The molecule has 32 heavy (non-hydrogen) atoms. The lowest BCUT2D eigenvalue weighted by Gasteiger charge is -2.09. The molecule has 0 atom stereocenters. The summed E-state index contributed by atoms with van der Waals surface area (Å²) in [7, 11) is 0. The van der Waals surface area contributed by atoms with E-state index >= 15 is 0 Å². The van der Waals surface area contributed by atoms with Gasteiger partial charge in [-0.25, -0.2) is 19.0 Å². The number of H-pyrrole nitrogens is 1. The summed E-state index contributed by atoms with van der Waals surface area (Å²) >= 11 is 0. The van der Waals surface area contributed by atoms with Crippen LogP contribution in [-0.4, -0.2) is 35.9 Å². The van der Waals surface area contributed by atoms with Crippen LogP contribution in [0.1, 0.15) is 16.2 Å². The summed E-state index contributed by atoms with van der Waals surface area (Å²) in [6, 6.07) is 15.2. The van der Waals surface area contributed by atoms with E-state index in [1.165, 1.54) is 24.5 Å². The predicted octanol–water partition coefficient (Wildman–Crippen LogP) is 4.03. The van der Waals surface area contributed by atoms with Gasteiger partial charge in [0.1, 0.15) is 12.0 Å². The fourth-order valence-electron chi connectivity index (χ4n) is 3.24. The SMILES string of the molecule is Cc1c(C(=O)Nc2ccc(Oc3ncnc4[nH]ccc34)c(F)c2)nnn1-c1ccccc1. The number of ether oxygens (including phenoxy) is 1. The molecule has 0 saturated carbocycles. The Balaban J connectivity index is 1.34. The standard InChI is InChI=1S/C22H16FN7O2/c1-13-19(28-29-30(13)15-5-3-2-4-6-15)21(31)27-14-7-8-18(17(23)11-14)32-22-16-9-10-24-20(16)25-12-26-22/h2-12H,1H3,(H,27,31)(H,24,25,26).